The molecule has 0 saturated carbocycles. The maximum Gasteiger partial charge on any atom is 0.587 e. The van der Waals surface area contributed by atoms with E-state index in [2.05, 4.69) is 20.3 Å². The molecule has 5 aromatic rings. The van der Waals surface area contributed by atoms with Crippen molar-refractivity contribution in [2.45, 2.75) is 32.0 Å². The Labute approximate surface area is 233 Å². The SMILES string of the molecule is Cc1cccc2c1OP(=O)(O/C=C1\O[C@@H](n3cnc4c(Nc5cccc6ccccc56)ncnc43)[C@H](O)[C@@H]1O)OC2. The smallest absolute Gasteiger partial charge is 0.465 e. The van der Waals surface area contributed by atoms with E-state index in [4.69, 9.17) is 18.3 Å². The number of ether oxygens (including phenoxy) is 1. The molecule has 7 rings (SSSR count). The summed E-state index contributed by atoms with van der Waals surface area (Å²) in [4.78, 5) is 13.2. The van der Waals surface area contributed by atoms with E-state index < -0.39 is 26.3 Å². The zero-order valence-electron chi connectivity index (χ0n) is 21.6. The van der Waals surface area contributed by atoms with E-state index in [0.717, 1.165) is 33.8 Å². The van der Waals surface area contributed by atoms with Gasteiger partial charge in [0.2, 0.25) is 6.23 Å². The van der Waals surface area contributed by atoms with Crippen LogP contribution < -0.4 is 9.84 Å². The molecule has 4 heterocycles. The summed E-state index contributed by atoms with van der Waals surface area (Å²) in [5.41, 5.74) is 3.15. The average Bonchev–Trinajstić information content (AvgIpc) is 3.54. The van der Waals surface area contributed by atoms with Crippen molar-refractivity contribution in [1.29, 1.82) is 0 Å². The van der Waals surface area contributed by atoms with E-state index in [9.17, 15) is 14.8 Å². The van der Waals surface area contributed by atoms with E-state index in [1.165, 1.54) is 17.2 Å². The number of benzene rings is 3. The van der Waals surface area contributed by atoms with Crippen molar-refractivity contribution < 1.29 is 33.1 Å². The third kappa shape index (κ3) is 4.47. The summed E-state index contributed by atoms with van der Waals surface area (Å²) in [5, 5.41) is 26.9. The summed E-state index contributed by atoms with van der Waals surface area (Å²) < 4.78 is 36.6. The first-order chi connectivity index (χ1) is 19.9. The summed E-state index contributed by atoms with van der Waals surface area (Å²) in [6, 6.07) is 19.3. The summed E-state index contributed by atoms with van der Waals surface area (Å²) in [7, 11) is -4.05. The number of nitrogens with zero attached hydrogens (tertiary/aromatic N) is 4. The Kier molecular flexibility index (Phi) is 6.13. The first-order valence-electron chi connectivity index (χ1n) is 12.8. The largest absolute Gasteiger partial charge is 0.587 e. The van der Waals surface area contributed by atoms with Crippen molar-refractivity contribution in [2.24, 2.45) is 0 Å². The Balaban J connectivity index is 1.14. The number of nitrogens with one attached hydrogen (secondary N) is 1. The van der Waals surface area contributed by atoms with Gasteiger partial charge in [-0.15, -0.1) is 0 Å². The van der Waals surface area contributed by atoms with Gasteiger partial charge in [0.1, 0.15) is 36.9 Å². The molecule has 1 unspecified atom stereocenters. The van der Waals surface area contributed by atoms with Crippen LogP contribution in [0.15, 0.2) is 85.3 Å². The number of hydrogen-bond donors (Lipinski definition) is 3. The molecule has 0 radical (unpaired) electrons. The minimum absolute atomic E-state index is 0.0298. The number of phosphoric ester groups is 1. The molecule has 2 aliphatic rings. The van der Waals surface area contributed by atoms with Crippen LogP contribution in [-0.2, 0) is 25.0 Å². The summed E-state index contributed by atoms with van der Waals surface area (Å²) in [5.74, 6) is 0.715. The van der Waals surface area contributed by atoms with E-state index in [0.29, 0.717) is 22.7 Å². The minimum Gasteiger partial charge on any atom is -0.465 e. The summed E-state index contributed by atoms with van der Waals surface area (Å²) >= 11 is 0. The Morgan fingerprint density at radius 1 is 1.07 bits per heavy atom. The number of anilines is 2. The first kappa shape index (κ1) is 25.5. The van der Waals surface area contributed by atoms with Gasteiger partial charge in [-0.3, -0.25) is 9.09 Å². The molecular formula is C28H24N5O7P. The van der Waals surface area contributed by atoms with Crippen LogP contribution in [0.1, 0.15) is 17.4 Å². The molecule has 1 fully saturated rings. The topological polar surface area (TPSA) is 150 Å². The van der Waals surface area contributed by atoms with Gasteiger partial charge in [0, 0.05) is 16.6 Å². The molecular weight excluding hydrogens is 549 g/mol. The van der Waals surface area contributed by atoms with Gasteiger partial charge in [0.15, 0.2) is 22.7 Å². The van der Waals surface area contributed by atoms with Crippen LogP contribution in [0.5, 0.6) is 5.75 Å². The van der Waals surface area contributed by atoms with Crippen molar-refractivity contribution >= 4 is 41.3 Å². The molecule has 0 aliphatic carbocycles. The highest BCUT2D eigenvalue weighted by Crippen LogP contribution is 2.56. The molecule has 2 aromatic heterocycles. The van der Waals surface area contributed by atoms with E-state index >= 15 is 0 Å². The molecule has 2 aliphatic heterocycles. The normalized spacial score (nSPS) is 24.7. The Hall–Kier alpha value is -4.48. The van der Waals surface area contributed by atoms with E-state index in [1.807, 2.05) is 61.5 Å². The molecule has 4 atom stereocenters. The number of hydrogen-bond acceptors (Lipinski definition) is 11. The van der Waals surface area contributed by atoms with Crippen LogP contribution in [0.2, 0.25) is 0 Å². The fourth-order valence-electron chi connectivity index (χ4n) is 4.93. The van der Waals surface area contributed by atoms with E-state index in [1.54, 1.807) is 6.07 Å². The lowest BCUT2D eigenvalue weighted by Crippen LogP contribution is -2.27. The van der Waals surface area contributed by atoms with Gasteiger partial charge in [0.25, 0.3) is 0 Å². The number of imidazole rings is 1. The number of aliphatic hydroxyl groups excluding tert-OH is 2. The fraction of sp³-hybridized carbons (Fsp3) is 0.179. The van der Waals surface area contributed by atoms with Gasteiger partial charge in [-0.2, -0.15) is 0 Å². The number of fused-ring (bicyclic) bond motifs is 3. The van der Waals surface area contributed by atoms with Crippen LogP contribution in [-0.4, -0.2) is 41.9 Å². The van der Waals surface area contributed by atoms with Gasteiger partial charge >= 0.3 is 7.82 Å². The second kappa shape index (κ2) is 9.86. The highest BCUT2D eigenvalue weighted by molar-refractivity contribution is 7.49. The van der Waals surface area contributed by atoms with E-state index in [-0.39, 0.29) is 12.4 Å². The monoisotopic (exact) mass is 573 g/mol. The maximum absolute atomic E-state index is 13.1. The van der Waals surface area contributed by atoms with Crippen molar-refractivity contribution in [1.82, 2.24) is 19.5 Å². The second-order valence-corrected chi connectivity index (χ2v) is 11.2. The van der Waals surface area contributed by atoms with Crippen LogP contribution in [0, 0.1) is 6.92 Å². The quantitative estimate of drug-likeness (QED) is 0.195. The molecule has 12 nitrogen and oxygen atoms in total. The van der Waals surface area contributed by atoms with Crippen molar-refractivity contribution in [3.8, 4) is 5.75 Å². The lowest BCUT2D eigenvalue weighted by molar-refractivity contribution is -0.0121. The highest BCUT2D eigenvalue weighted by atomic mass is 31.2. The number of rotatable bonds is 5. The highest BCUT2D eigenvalue weighted by Gasteiger charge is 2.43. The second-order valence-electron chi connectivity index (χ2n) is 9.64. The molecule has 13 heteroatoms. The van der Waals surface area contributed by atoms with Crippen LogP contribution in [0.3, 0.4) is 0 Å². The zero-order valence-corrected chi connectivity index (χ0v) is 22.5. The molecule has 0 bridgehead atoms. The molecule has 208 valence electrons. The Morgan fingerprint density at radius 3 is 2.80 bits per heavy atom. The lowest BCUT2D eigenvalue weighted by atomic mass is 10.1. The number of aryl methyl sites for hydroxylation is 1. The first-order valence-corrected chi connectivity index (χ1v) is 14.2. The Morgan fingerprint density at radius 2 is 1.90 bits per heavy atom. The van der Waals surface area contributed by atoms with Crippen LogP contribution in [0.25, 0.3) is 21.9 Å². The summed E-state index contributed by atoms with van der Waals surface area (Å²) in [6.07, 6.45) is -0.259. The molecule has 1 saturated heterocycles. The third-order valence-corrected chi connectivity index (χ3v) is 8.23. The average molecular weight is 574 g/mol. The fourth-order valence-corrected chi connectivity index (χ4v) is 6.10. The third-order valence-electron chi connectivity index (χ3n) is 7.01. The summed E-state index contributed by atoms with van der Waals surface area (Å²) in [6.45, 7) is 1.85. The zero-order chi connectivity index (χ0) is 28.1. The minimum atomic E-state index is -4.05. The molecule has 0 amide bonds. The number of phosphoric acid groups is 1. The molecule has 41 heavy (non-hydrogen) atoms. The van der Waals surface area contributed by atoms with Gasteiger partial charge in [-0.05, 0) is 23.9 Å². The Bertz CT molecular complexity index is 1870. The number of aromatic nitrogens is 4. The van der Waals surface area contributed by atoms with Crippen molar-refractivity contribution in [2.75, 3.05) is 5.32 Å². The number of aliphatic hydroxyl groups is 2. The van der Waals surface area contributed by atoms with Crippen molar-refractivity contribution in [3.05, 3.63) is 96.5 Å². The van der Waals surface area contributed by atoms with Gasteiger partial charge in [-0.25, -0.2) is 19.5 Å². The van der Waals surface area contributed by atoms with Gasteiger partial charge < -0.3 is 29.3 Å². The standard InChI is InChI=1S/C28H24N5O7P/c1-16-6-4-9-18-12-37-41(36,40-25(16)18)38-13-21-23(34)24(35)28(39-21)33-15-31-22-26(29-14-30-27(22)33)32-20-11-5-8-17-7-2-3-10-19(17)20/h2-11,13-15,23-24,28,34-35H,12H2,1H3,(H,29,30,32)/b21-13-/t23-,24-,28-,41?/m1/s1. The molecule has 3 aromatic carbocycles. The predicted molar refractivity (Wildman–Crippen MR) is 148 cm³/mol. The number of para-hydroxylation sites is 1. The van der Waals surface area contributed by atoms with Crippen LogP contribution >= 0.6 is 7.82 Å². The van der Waals surface area contributed by atoms with Crippen molar-refractivity contribution in [3.63, 3.8) is 0 Å². The molecule has 3 N–H and O–H groups in total. The predicted octanol–water partition coefficient (Wildman–Crippen LogP) is 4.86. The lowest BCUT2D eigenvalue weighted by Gasteiger charge is -2.25. The maximum atomic E-state index is 13.1. The molecule has 0 spiro atoms. The van der Waals surface area contributed by atoms with Gasteiger partial charge in [0.05, 0.1) is 6.61 Å². The van der Waals surface area contributed by atoms with Gasteiger partial charge in [-0.1, -0.05) is 54.6 Å². The van der Waals surface area contributed by atoms with Crippen LogP contribution in [0.4, 0.5) is 11.5 Å².